The summed E-state index contributed by atoms with van der Waals surface area (Å²) in [4.78, 5) is 1.07. The highest BCUT2D eigenvalue weighted by Gasteiger charge is 2.03. The van der Waals surface area contributed by atoms with Crippen LogP contribution in [0.5, 0.6) is 0 Å². The van der Waals surface area contributed by atoms with Gasteiger partial charge in [0.25, 0.3) is 0 Å². The van der Waals surface area contributed by atoms with Crippen LogP contribution in [-0.4, -0.2) is 0 Å². The number of rotatable bonds is 2. The van der Waals surface area contributed by atoms with Crippen molar-refractivity contribution in [2.24, 2.45) is 0 Å². The van der Waals surface area contributed by atoms with E-state index in [4.69, 9.17) is 0 Å². The summed E-state index contributed by atoms with van der Waals surface area (Å²) in [5.41, 5.74) is 5.43. The van der Waals surface area contributed by atoms with E-state index in [1.165, 1.54) is 22.3 Å². The molecule has 0 aliphatic carbocycles. The van der Waals surface area contributed by atoms with Gasteiger partial charge >= 0.3 is 0 Å². The molecular formula is C15H16S. The second-order valence-corrected chi connectivity index (χ2v) is 4.65. The molecule has 0 fully saturated rings. The molecule has 2 aromatic rings. The Morgan fingerprint density at radius 1 is 0.875 bits per heavy atom. The molecule has 0 bridgehead atoms. The summed E-state index contributed by atoms with van der Waals surface area (Å²) in [7, 11) is 0. The standard InChI is InChI=1S/C15H16S/c1-11-6-5-8-13(12(11)2)10-14-7-3-4-9-15(14)16/h3-9,16H,10H2,1-2H3. The van der Waals surface area contributed by atoms with Gasteiger partial charge in [-0.25, -0.2) is 0 Å². The molecule has 0 radical (unpaired) electrons. The lowest BCUT2D eigenvalue weighted by Gasteiger charge is -2.10. The Labute approximate surface area is 103 Å². The lowest BCUT2D eigenvalue weighted by molar-refractivity contribution is 1.10. The molecule has 0 N–H and O–H groups in total. The van der Waals surface area contributed by atoms with Gasteiger partial charge in [-0.1, -0.05) is 36.4 Å². The van der Waals surface area contributed by atoms with Crippen molar-refractivity contribution in [1.82, 2.24) is 0 Å². The van der Waals surface area contributed by atoms with Gasteiger partial charge in [0.05, 0.1) is 0 Å². The topological polar surface area (TPSA) is 0 Å². The number of thiol groups is 1. The fourth-order valence-corrected chi connectivity index (χ4v) is 2.11. The highest BCUT2D eigenvalue weighted by Crippen LogP contribution is 2.20. The number of benzene rings is 2. The van der Waals surface area contributed by atoms with Crippen molar-refractivity contribution in [2.45, 2.75) is 25.2 Å². The van der Waals surface area contributed by atoms with E-state index in [0.717, 1.165) is 11.3 Å². The fraction of sp³-hybridized carbons (Fsp3) is 0.200. The maximum absolute atomic E-state index is 4.49. The Morgan fingerprint density at radius 2 is 1.56 bits per heavy atom. The Morgan fingerprint density at radius 3 is 2.31 bits per heavy atom. The smallest absolute Gasteiger partial charge is 0.00754 e. The largest absolute Gasteiger partial charge is 0.143 e. The highest BCUT2D eigenvalue weighted by molar-refractivity contribution is 7.80. The zero-order chi connectivity index (χ0) is 11.5. The molecule has 0 spiro atoms. The van der Waals surface area contributed by atoms with Crippen LogP contribution in [0.1, 0.15) is 22.3 Å². The van der Waals surface area contributed by atoms with Gasteiger partial charge in [0, 0.05) is 4.90 Å². The van der Waals surface area contributed by atoms with Gasteiger partial charge in [-0.15, -0.1) is 12.6 Å². The zero-order valence-electron chi connectivity index (χ0n) is 9.70. The molecule has 0 atom stereocenters. The number of aryl methyl sites for hydroxylation is 1. The van der Waals surface area contributed by atoms with Crippen LogP contribution in [-0.2, 0) is 6.42 Å². The molecule has 0 aliphatic heterocycles. The normalized spacial score (nSPS) is 10.4. The minimum Gasteiger partial charge on any atom is -0.143 e. The molecule has 82 valence electrons. The molecule has 1 heteroatoms. The molecule has 2 aromatic carbocycles. The van der Waals surface area contributed by atoms with Crippen LogP contribution in [0.2, 0.25) is 0 Å². The van der Waals surface area contributed by atoms with Crippen LogP contribution in [0, 0.1) is 13.8 Å². The fourth-order valence-electron chi connectivity index (χ4n) is 1.87. The first-order valence-corrected chi connectivity index (χ1v) is 5.95. The lowest BCUT2D eigenvalue weighted by Crippen LogP contribution is -1.94. The first-order valence-electron chi connectivity index (χ1n) is 5.50. The Bertz CT molecular complexity index is 501. The monoisotopic (exact) mass is 228 g/mol. The quantitative estimate of drug-likeness (QED) is 0.732. The summed E-state index contributed by atoms with van der Waals surface area (Å²) < 4.78 is 0. The summed E-state index contributed by atoms with van der Waals surface area (Å²) in [5.74, 6) is 0. The summed E-state index contributed by atoms with van der Waals surface area (Å²) >= 11 is 4.49. The van der Waals surface area contributed by atoms with E-state index in [2.05, 4.69) is 56.8 Å². The van der Waals surface area contributed by atoms with Gasteiger partial charge in [-0.3, -0.25) is 0 Å². The van der Waals surface area contributed by atoms with Crippen LogP contribution < -0.4 is 0 Å². The minimum atomic E-state index is 0.965. The van der Waals surface area contributed by atoms with Crippen molar-refractivity contribution < 1.29 is 0 Å². The molecule has 0 amide bonds. The van der Waals surface area contributed by atoms with Gasteiger partial charge in [-0.2, -0.15) is 0 Å². The molecule has 0 unspecified atom stereocenters. The van der Waals surface area contributed by atoms with E-state index in [0.29, 0.717) is 0 Å². The van der Waals surface area contributed by atoms with Crippen LogP contribution in [0.4, 0.5) is 0 Å². The third-order valence-corrected chi connectivity index (χ3v) is 3.53. The molecule has 16 heavy (non-hydrogen) atoms. The van der Waals surface area contributed by atoms with Gasteiger partial charge in [0.1, 0.15) is 0 Å². The maximum Gasteiger partial charge on any atom is 0.00754 e. The summed E-state index contributed by atoms with van der Waals surface area (Å²) in [6.07, 6.45) is 0.965. The minimum absolute atomic E-state index is 0.965. The van der Waals surface area contributed by atoms with Crippen LogP contribution in [0.3, 0.4) is 0 Å². The van der Waals surface area contributed by atoms with Crippen LogP contribution in [0.15, 0.2) is 47.4 Å². The summed E-state index contributed by atoms with van der Waals surface area (Å²) in [6, 6.07) is 14.8. The van der Waals surface area contributed by atoms with Gasteiger partial charge in [-0.05, 0) is 48.6 Å². The molecular weight excluding hydrogens is 212 g/mol. The van der Waals surface area contributed by atoms with Crippen molar-refractivity contribution in [3.8, 4) is 0 Å². The third kappa shape index (κ3) is 2.30. The van der Waals surface area contributed by atoms with E-state index in [1.807, 2.05) is 12.1 Å². The molecule has 0 saturated carbocycles. The number of hydrogen-bond acceptors (Lipinski definition) is 1. The zero-order valence-corrected chi connectivity index (χ0v) is 10.6. The Balaban J connectivity index is 2.35. The summed E-state index contributed by atoms with van der Waals surface area (Å²) in [5, 5.41) is 0. The molecule has 0 heterocycles. The second-order valence-electron chi connectivity index (χ2n) is 4.16. The first-order chi connectivity index (χ1) is 7.68. The van der Waals surface area contributed by atoms with Crippen molar-refractivity contribution in [3.63, 3.8) is 0 Å². The van der Waals surface area contributed by atoms with Crippen LogP contribution in [0.25, 0.3) is 0 Å². The van der Waals surface area contributed by atoms with Crippen LogP contribution >= 0.6 is 12.6 Å². The highest BCUT2D eigenvalue weighted by atomic mass is 32.1. The van der Waals surface area contributed by atoms with Crippen molar-refractivity contribution in [1.29, 1.82) is 0 Å². The Hall–Kier alpha value is -1.21. The molecule has 0 nitrogen and oxygen atoms in total. The first kappa shape index (κ1) is 11.3. The van der Waals surface area contributed by atoms with E-state index < -0.39 is 0 Å². The third-order valence-electron chi connectivity index (χ3n) is 3.09. The molecule has 2 rings (SSSR count). The molecule has 0 saturated heterocycles. The molecule has 0 aromatic heterocycles. The number of hydrogen-bond donors (Lipinski definition) is 1. The predicted molar refractivity (Wildman–Crippen MR) is 72.4 cm³/mol. The van der Waals surface area contributed by atoms with E-state index in [-0.39, 0.29) is 0 Å². The van der Waals surface area contributed by atoms with Gasteiger partial charge in [0.2, 0.25) is 0 Å². The van der Waals surface area contributed by atoms with Crippen molar-refractivity contribution in [2.75, 3.05) is 0 Å². The van der Waals surface area contributed by atoms with E-state index in [1.54, 1.807) is 0 Å². The SMILES string of the molecule is Cc1cccc(Cc2ccccc2S)c1C. The average molecular weight is 228 g/mol. The lowest BCUT2D eigenvalue weighted by atomic mass is 9.97. The van der Waals surface area contributed by atoms with E-state index in [9.17, 15) is 0 Å². The summed E-state index contributed by atoms with van der Waals surface area (Å²) in [6.45, 7) is 4.34. The van der Waals surface area contributed by atoms with Gasteiger partial charge < -0.3 is 0 Å². The second kappa shape index (κ2) is 4.75. The van der Waals surface area contributed by atoms with Crippen molar-refractivity contribution >= 4 is 12.6 Å². The predicted octanol–water partition coefficient (Wildman–Crippen LogP) is 4.18. The molecule has 0 aliphatic rings. The van der Waals surface area contributed by atoms with Gasteiger partial charge in [0.15, 0.2) is 0 Å². The van der Waals surface area contributed by atoms with E-state index >= 15 is 0 Å². The van der Waals surface area contributed by atoms with Crippen molar-refractivity contribution in [3.05, 3.63) is 64.7 Å². The average Bonchev–Trinajstić information content (AvgIpc) is 2.28. The Kier molecular flexibility index (Phi) is 3.35. The maximum atomic E-state index is 4.49.